The number of halogens is 1. The quantitative estimate of drug-likeness (QED) is 0.692. The Morgan fingerprint density at radius 3 is 2.78 bits per heavy atom. The van der Waals surface area contributed by atoms with Crippen molar-refractivity contribution < 1.29 is 14.0 Å². The van der Waals surface area contributed by atoms with Gasteiger partial charge in [-0.2, -0.15) is 5.10 Å². The van der Waals surface area contributed by atoms with Gasteiger partial charge in [-0.1, -0.05) is 6.07 Å². The van der Waals surface area contributed by atoms with Crippen molar-refractivity contribution in [3.05, 3.63) is 64.9 Å². The summed E-state index contributed by atoms with van der Waals surface area (Å²) in [7, 11) is 0. The summed E-state index contributed by atoms with van der Waals surface area (Å²) in [5.74, 6) is -0.865. The SMILES string of the molecule is O=C(c1ccc(F)cc1)[C@H]1CCCN(C(=O)c2cc(-c3cccs3)[nH]n2)C1. The van der Waals surface area contributed by atoms with Crippen LogP contribution in [0.1, 0.15) is 33.7 Å². The lowest BCUT2D eigenvalue weighted by Crippen LogP contribution is -2.42. The third-order valence-corrected chi connectivity index (χ3v) is 5.69. The first-order valence-corrected chi connectivity index (χ1v) is 9.68. The second-order valence-electron chi connectivity index (χ2n) is 6.61. The van der Waals surface area contributed by atoms with E-state index in [0.717, 1.165) is 23.4 Å². The smallest absolute Gasteiger partial charge is 0.274 e. The van der Waals surface area contributed by atoms with Crippen LogP contribution >= 0.6 is 11.3 Å². The van der Waals surface area contributed by atoms with Crippen molar-refractivity contribution in [3.63, 3.8) is 0 Å². The first-order chi connectivity index (χ1) is 13.1. The van der Waals surface area contributed by atoms with E-state index in [0.29, 0.717) is 24.3 Å². The van der Waals surface area contributed by atoms with Crippen LogP contribution in [0.15, 0.2) is 47.8 Å². The molecule has 1 aromatic carbocycles. The normalized spacial score (nSPS) is 17.1. The van der Waals surface area contributed by atoms with Crippen LogP contribution in [0.4, 0.5) is 4.39 Å². The van der Waals surface area contributed by atoms with Crippen molar-refractivity contribution in [2.75, 3.05) is 13.1 Å². The van der Waals surface area contributed by atoms with Crippen molar-refractivity contribution in [3.8, 4) is 10.6 Å². The Kier molecular flexibility index (Phi) is 4.85. The molecule has 0 unspecified atom stereocenters. The van der Waals surface area contributed by atoms with Gasteiger partial charge in [-0.3, -0.25) is 14.7 Å². The third-order valence-electron chi connectivity index (χ3n) is 4.79. The molecule has 5 nitrogen and oxygen atoms in total. The van der Waals surface area contributed by atoms with Crippen LogP contribution < -0.4 is 0 Å². The highest BCUT2D eigenvalue weighted by Gasteiger charge is 2.30. The number of ketones is 1. The Bertz CT molecular complexity index is 950. The zero-order valence-corrected chi connectivity index (χ0v) is 15.3. The van der Waals surface area contributed by atoms with Gasteiger partial charge < -0.3 is 4.90 Å². The maximum Gasteiger partial charge on any atom is 0.274 e. The largest absolute Gasteiger partial charge is 0.337 e. The van der Waals surface area contributed by atoms with E-state index < -0.39 is 0 Å². The van der Waals surface area contributed by atoms with Crippen molar-refractivity contribution in [1.29, 1.82) is 0 Å². The Labute approximate surface area is 159 Å². The second-order valence-corrected chi connectivity index (χ2v) is 7.55. The lowest BCUT2D eigenvalue weighted by molar-refractivity contribution is 0.0632. The van der Waals surface area contributed by atoms with Gasteiger partial charge in [-0.15, -0.1) is 11.3 Å². The Hall–Kier alpha value is -2.80. The van der Waals surface area contributed by atoms with Crippen LogP contribution in [0.2, 0.25) is 0 Å². The lowest BCUT2D eigenvalue weighted by atomic mass is 9.90. The number of benzene rings is 1. The molecule has 1 amide bonds. The number of aromatic amines is 1. The first-order valence-electron chi connectivity index (χ1n) is 8.80. The molecule has 4 rings (SSSR count). The van der Waals surface area contributed by atoms with Crippen LogP contribution in [-0.4, -0.2) is 39.9 Å². The molecule has 0 spiro atoms. The highest BCUT2D eigenvalue weighted by atomic mass is 32.1. The van der Waals surface area contributed by atoms with Gasteiger partial charge in [0.15, 0.2) is 11.5 Å². The highest BCUT2D eigenvalue weighted by Crippen LogP contribution is 2.25. The molecule has 1 N–H and O–H groups in total. The van der Waals surface area contributed by atoms with Gasteiger partial charge in [0.2, 0.25) is 0 Å². The number of hydrogen-bond acceptors (Lipinski definition) is 4. The number of piperidine rings is 1. The molecule has 138 valence electrons. The Balaban J connectivity index is 1.47. The van der Waals surface area contributed by atoms with Gasteiger partial charge in [0, 0.05) is 24.6 Å². The Morgan fingerprint density at radius 1 is 1.22 bits per heavy atom. The number of carbonyl (C=O) groups excluding carboxylic acids is 2. The standard InChI is InChI=1S/C20H18FN3O2S/c21-15-7-5-13(6-8-15)19(25)14-3-1-9-24(12-14)20(26)17-11-16(22-23-17)18-4-2-10-27-18/h2,4-8,10-11,14H,1,3,9,12H2,(H,22,23)/t14-/m0/s1. The molecule has 0 bridgehead atoms. The fourth-order valence-corrected chi connectivity index (χ4v) is 4.07. The van der Waals surface area contributed by atoms with Gasteiger partial charge in [0.25, 0.3) is 5.91 Å². The molecule has 27 heavy (non-hydrogen) atoms. The van der Waals surface area contributed by atoms with Crippen molar-refractivity contribution in [2.45, 2.75) is 12.8 Å². The summed E-state index contributed by atoms with van der Waals surface area (Å²) in [5.41, 5.74) is 1.65. The number of aromatic nitrogens is 2. The average molecular weight is 383 g/mol. The van der Waals surface area contributed by atoms with Gasteiger partial charge >= 0.3 is 0 Å². The fourth-order valence-electron chi connectivity index (χ4n) is 3.38. The molecular weight excluding hydrogens is 365 g/mol. The topological polar surface area (TPSA) is 66.1 Å². The van der Waals surface area contributed by atoms with Gasteiger partial charge in [0.05, 0.1) is 10.6 Å². The molecule has 3 heterocycles. The van der Waals surface area contributed by atoms with Crippen molar-refractivity contribution >= 4 is 23.0 Å². The van der Waals surface area contributed by atoms with Gasteiger partial charge in [0.1, 0.15) is 5.82 Å². The van der Waals surface area contributed by atoms with E-state index in [4.69, 9.17) is 0 Å². The van der Waals surface area contributed by atoms with Crippen LogP contribution in [-0.2, 0) is 0 Å². The summed E-state index contributed by atoms with van der Waals surface area (Å²) in [4.78, 5) is 28.2. The maximum absolute atomic E-state index is 13.1. The van der Waals surface area contributed by atoms with Gasteiger partial charge in [-0.05, 0) is 54.6 Å². The number of rotatable bonds is 4. The minimum atomic E-state index is -0.368. The molecule has 3 aromatic rings. The van der Waals surface area contributed by atoms with E-state index in [9.17, 15) is 14.0 Å². The van der Waals surface area contributed by atoms with Crippen LogP contribution in [0.3, 0.4) is 0 Å². The van der Waals surface area contributed by atoms with Crippen molar-refractivity contribution in [2.24, 2.45) is 5.92 Å². The number of carbonyl (C=O) groups is 2. The fraction of sp³-hybridized carbons (Fsp3) is 0.250. The Morgan fingerprint density at radius 2 is 2.04 bits per heavy atom. The zero-order chi connectivity index (χ0) is 18.8. The number of nitrogens with one attached hydrogen (secondary N) is 1. The van der Waals surface area contributed by atoms with E-state index in [-0.39, 0.29) is 23.4 Å². The number of likely N-dealkylation sites (tertiary alicyclic amines) is 1. The summed E-state index contributed by atoms with van der Waals surface area (Å²) >= 11 is 1.57. The number of Topliss-reactive ketones (excluding diaryl/α,β-unsaturated/α-hetero) is 1. The number of nitrogens with zero attached hydrogens (tertiary/aromatic N) is 2. The summed E-state index contributed by atoms with van der Waals surface area (Å²) in [6.45, 7) is 0.962. The average Bonchev–Trinajstić information content (AvgIpc) is 3.39. The van der Waals surface area contributed by atoms with E-state index in [1.807, 2.05) is 17.5 Å². The lowest BCUT2D eigenvalue weighted by Gasteiger charge is -2.31. The zero-order valence-electron chi connectivity index (χ0n) is 14.5. The number of thiophene rings is 1. The molecule has 0 aliphatic carbocycles. The number of hydrogen-bond donors (Lipinski definition) is 1. The third kappa shape index (κ3) is 3.68. The summed E-state index contributed by atoms with van der Waals surface area (Å²) < 4.78 is 13.1. The molecule has 1 fully saturated rings. The molecule has 0 radical (unpaired) electrons. The molecule has 2 aromatic heterocycles. The highest BCUT2D eigenvalue weighted by molar-refractivity contribution is 7.13. The molecule has 1 atom stereocenters. The summed E-state index contributed by atoms with van der Waals surface area (Å²) in [5, 5.41) is 9.02. The first kappa shape index (κ1) is 17.6. The van der Waals surface area contributed by atoms with Crippen LogP contribution in [0.5, 0.6) is 0 Å². The summed E-state index contributed by atoms with van der Waals surface area (Å²) in [6, 6.07) is 11.2. The molecular formula is C20H18FN3O2S. The molecule has 1 aliphatic rings. The minimum Gasteiger partial charge on any atom is -0.337 e. The predicted molar refractivity (Wildman–Crippen MR) is 101 cm³/mol. The minimum absolute atomic E-state index is 0.0474. The van der Waals surface area contributed by atoms with E-state index in [1.54, 1.807) is 22.3 Å². The number of H-pyrrole nitrogens is 1. The number of amides is 1. The maximum atomic E-state index is 13.1. The molecule has 1 aliphatic heterocycles. The van der Waals surface area contributed by atoms with E-state index in [2.05, 4.69) is 10.2 Å². The van der Waals surface area contributed by atoms with E-state index in [1.165, 1.54) is 24.3 Å². The van der Waals surface area contributed by atoms with Crippen LogP contribution in [0.25, 0.3) is 10.6 Å². The van der Waals surface area contributed by atoms with Crippen LogP contribution in [0, 0.1) is 11.7 Å². The second kappa shape index (κ2) is 7.44. The van der Waals surface area contributed by atoms with Gasteiger partial charge in [-0.25, -0.2) is 4.39 Å². The van der Waals surface area contributed by atoms with E-state index >= 15 is 0 Å². The monoisotopic (exact) mass is 383 g/mol. The van der Waals surface area contributed by atoms with Crippen molar-refractivity contribution in [1.82, 2.24) is 15.1 Å². The molecule has 0 saturated carbocycles. The predicted octanol–water partition coefficient (Wildman–Crippen LogP) is 4.01. The molecule has 7 heteroatoms. The molecule has 1 saturated heterocycles. The summed E-state index contributed by atoms with van der Waals surface area (Å²) in [6.07, 6.45) is 1.48.